The van der Waals surface area contributed by atoms with E-state index in [1.807, 2.05) is 0 Å². The third-order valence-corrected chi connectivity index (χ3v) is 5.46. The summed E-state index contributed by atoms with van der Waals surface area (Å²) in [5.41, 5.74) is 0. The molecule has 15 heavy (non-hydrogen) atoms. The molecule has 0 fully saturated rings. The van der Waals surface area contributed by atoms with E-state index in [0.717, 1.165) is 13.0 Å². The Morgan fingerprint density at radius 1 is 1.67 bits per heavy atom. The van der Waals surface area contributed by atoms with E-state index < -0.39 is 10.0 Å². The lowest BCUT2D eigenvalue weighted by Gasteiger charge is -2.13. The molecule has 0 aromatic carbocycles. The van der Waals surface area contributed by atoms with Gasteiger partial charge in [0.15, 0.2) is 0 Å². The number of hydrogen-bond acceptors (Lipinski definition) is 3. The number of rotatable bonds is 3. The predicted octanol–water partition coefficient (Wildman–Crippen LogP) is 2.07. The van der Waals surface area contributed by atoms with Crippen LogP contribution in [0.2, 0.25) is 0 Å². The lowest BCUT2D eigenvalue weighted by Crippen LogP contribution is -2.27. The fraction of sp³-hybridized carbons (Fsp3) is 0.333. The van der Waals surface area contributed by atoms with E-state index >= 15 is 0 Å². The van der Waals surface area contributed by atoms with Crippen LogP contribution in [0.25, 0.3) is 0 Å². The van der Waals surface area contributed by atoms with Gasteiger partial charge in [-0.2, -0.15) is 4.31 Å². The van der Waals surface area contributed by atoms with Crippen molar-refractivity contribution in [2.45, 2.75) is 11.8 Å². The van der Waals surface area contributed by atoms with Gasteiger partial charge in [-0.15, -0.1) is 17.8 Å². The standard InChI is InChI=1S/C9H10BrNO2S2/c1-4-5-11(3)15(12,13)8-6-9(10)14-7(8)2/h1,6H,5H2,2-3H3. The molecular formula is C9H10BrNO2S2. The van der Waals surface area contributed by atoms with Crippen LogP contribution in [-0.2, 0) is 10.0 Å². The Morgan fingerprint density at radius 2 is 2.27 bits per heavy atom. The van der Waals surface area contributed by atoms with Crippen LogP contribution in [0.5, 0.6) is 0 Å². The van der Waals surface area contributed by atoms with Crippen LogP contribution in [0.15, 0.2) is 14.7 Å². The highest BCUT2D eigenvalue weighted by Gasteiger charge is 2.23. The van der Waals surface area contributed by atoms with Crippen molar-refractivity contribution in [2.75, 3.05) is 13.6 Å². The van der Waals surface area contributed by atoms with Gasteiger partial charge in [-0.1, -0.05) is 5.92 Å². The predicted molar refractivity (Wildman–Crippen MR) is 65.4 cm³/mol. The lowest BCUT2D eigenvalue weighted by atomic mass is 10.5. The van der Waals surface area contributed by atoms with Crippen LogP contribution >= 0.6 is 27.3 Å². The highest BCUT2D eigenvalue weighted by Crippen LogP contribution is 2.30. The molecule has 0 saturated carbocycles. The molecule has 0 atom stereocenters. The summed E-state index contributed by atoms with van der Waals surface area (Å²) in [6, 6.07) is 1.60. The maximum atomic E-state index is 12.0. The maximum absolute atomic E-state index is 12.0. The molecule has 0 saturated heterocycles. The van der Waals surface area contributed by atoms with Crippen molar-refractivity contribution in [3.8, 4) is 12.3 Å². The Bertz CT molecular complexity index is 499. The van der Waals surface area contributed by atoms with Gasteiger partial charge in [0.2, 0.25) is 10.0 Å². The fourth-order valence-corrected chi connectivity index (χ4v) is 4.53. The van der Waals surface area contributed by atoms with Crippen LogP contribution in [-0.4, -0.2) is 26.3 Å². The molecule has 0 amide bonds. The van der Waals surface area contributed by atoms with Gasteiger partial charge in [-0.25, -0.2) is 8.42 Å². The minimum atomic E-state index is -3.44. The molecule has 0 aliphatic rings. The molecule has 0 aliphatic heterocycles. The number of halogens is 1. The minimum Gasteiger partial charge on any atom is -0.207 e. The molecule has 1 rings (SSSR count). The second-order valence-electron chi connectivity index (χ2n) is 2.94. The molecule has 82 valence electrons. The van der Waals surface area contributed by atoms with Crippen molar-refractivity contribution in [2.24, 2.45) is 0 Å². The zero-order valence-corrected chi connectivity index (χ0v) is 11.5. The quantitative estimate of drug-likeness (QED) is 0.802. The molecule has 1 heterocycles. The maximum Gasteiger partial charge on any atom is 0.244 e. The van der Waals surface area contributed by atoms with E-state index in [4.69, 9.17) is 6.42 Å². The molecule has 0 N–H and O–H groups in total. The molecular weight excluding hydrogens is 298 g/mol. The van der Waals surface area contributed by atoms with Gasteiger partial charge in [-0.05, 0) is 28.9 Å². The number of nitrogens with zero attached hydrogens (tertiary/aromatic N) is 1. The highest BCUT2D eigenvalue weighted by molar-refractivity contribution is 9.11. The van der Waals surface area contributed by atoms with E-state index in [2.05, 4.69) is 21.9 Å². The second-order valence-corrected chi connectivity index (χ2v) is 7.59. The smallest absolute Gasteiger partial charge is 0.207 e. The van der Waals surface area contributed by atoms with Gasteiger partial charge in [0.25, 0.3) is 0 Å². The third kappa shape index (κ3) is 2.61. The summed E-state index contributed by atoms with van der Waals surface area (Å²) < 4.78 is 25.9. The first-order valence-corrected chi connectivity index (χ1v) is 7.10. The first kappa shape index (κ1) is 12.7. The van der Waals surface area contributed by atoms with E-state index in [-0.39, 0.29) is 6.54 Å². The molecule has 0 bridgehead atoms. The third-order valence-electron chi connectivity index (χ3n) is 1.84. The van der Waals surface area contributed by atoms with Gasteiger partial charge >= 0.3 is 0 Å². The van der Waals surface area contributed by atoms with Crippen LogP contribution in [0, 0.1) is 19.3 Å². The van der Waals surface area contributed by atoms with Crippen molar-refractivity contribution in [3.05, 3.63) is 14.7 Å². The average molecular weight is 308 g/mol. The van der Waals surface area contributed by atoms with Crippen LogP contribution in [0.3, 0.4) is 0 Å². The van der Waals surface area contributed by atoms with E-state index in [9.17, 15) is 8.42 Å². The second kappa shape index (κ2) is 4.66. The van der Waals surface area contributed by atoms with Crippen molar-refractivity contribution < 1.29 is 8.42 Å². The Labute approximate surface area is 102 Å². The zero-order chi connectivity index (χ0) is 11.6. The van der Waals surface area contributed by atoms with Gasteiger partial charge in [0.05, 0.1) is 15.2 Å². The van der Waals surface area contributed by atoms with E-state index in [0.29, 0.717) is 4.90 Å². The number of sulfonamides is 1. The van der Waals surface area contributed by atoms with Crippen molar-refractivity contribution in [1.82, 2.24) is 4.31 Å². The summed E-state index contributed by atoms with van der Waals surface area (Å²) in [6.07, 6.45) is 5.08. The van der Waals surface area contributed by atoms with Crippen molar-refractivity contribution >= 4 is 37.3 Å². The largest absolute Gasteiger partial charge is 0.244 e. The fourth-order valence-electron chi connectivity index (χ4n) is 1.07. The Morgan fingerprint density at radius 3 is 2.67 bits per heavy atom. The van der Waals surface area contributed by atoms with Crippen LogP contribution in [0.4, 0.5) is 0 Å². The van der Waals surface area contributed by atoms with Gasteiger partial charge in [-0.3, -0.25) is 0 Å². The van der Waals surface area contributed by atoms with Crippen LogP contribution in [0.1, 0.15) is 4.88 Å². The summed E-state index contributed by atoms with van der Waals surface area (Å²) in [7, 11) is -1.97. The Balaban J connectivity index is 3.18. The number of hydrogen-bond donors (Lipinski definition) is 0. The Hall–Kier alpha value is -0.350. The SMILES string of the molecule is C#CCN(C)S(=O)(=O)c1cc(Br)sc1C. The van der Waals surface area contributed by atoms with E-state index in [1.165, 1.54) is 18.4 Å². The summed E-state index contributed by atoms with van der Waals surface area (Å²) in [5, 5.41) is 0. The van der Waals surface area contributed by atoms with E-state index in [1.54, 1.807) is 13.0 Å². The molecule has 0 radical (unpaired) electrons. The van der Waals surface area contributed by atoms with Gasteiger partial charge < -0.3 is 0 Å². The molecule has 6 heteroatoms. The summed E-state index contributed by atoms with van der Waals surface area (Å²) in [4.78, 5) is 1.07. The topological polar surface area (TPSA) is 37.4 Å². The summed E-state index contributed by atoms with van der Waals surface area (Å²) in [5.74, 6) is 2.31. The number of thiophene rings is 1. The normalized spacial score (nSPS) is 11.7. The molecule has 1 aromatic heterocycles. The molecule has 3 nitrogen and oxygen atoms in total. The zero-order valence-electron chi connectivity index (χ0n) is 8.32. The van der Waals surface area contributed by atoms with Gasteiger partial charge in [0, 0.05) is 11.9 Å². The van der Waals surface area contributed by atoms with Crippen LogP contribution < -0.4 is 0 Å². The number of terminal acetylenes is 1. The highest BCUT2D eigenvalue weighted by atomic mass is 79.9. The first-order valence-electron chi connectivity index (χ1n) is 4.05. The minimum absolute atomic E-state index is 0.0786. The van der Waals surface area contributed by atoms with Gasteiger partial charge in [0.1, 0.15) is 0 Å². The summed E-state index contributed by atoms with van der Waals surface area (Å²) in [6.45, 7) is 1.85. The monoisotopic (exact) mass is 307 g/mol. The van der Waals surface area contributed by atoms with Crippen molar-refractivity contribution in [3.63, 3.8) is 0 Å². The molecule has 0 spiro atoms. The first-order chi connectivity index (χ1) is 6.89. The average Bonchev–Trinajstić information content (AvgIpc) is 2.46. The lowest BCUT2D eigenvalue weighted by molar-refractivity contribution is 0.503. The molecule has 1 aromatic rings. The van der Waals surface area contributed by atoms with Crippen molar-refractivity contribution in [1.29, 1.82) is 0 Å². The molecule has 0 aliphatic carbocycles. The number of aryl methyl sites for hydroxylation is 1. The summed E-state index contributed by atoms with van der Waals surface area (Å²) >= 11 is 4.65. The molecule has 0 unspecified atom stereocenters. The Kier molecular flexibility index (Phi) is 3.95.